The van der Waals surface area contributed by atoms with Crippen LogP contribution in [0.25, 0.3) is 0 Å². The summed E-state index contributed by atoms with van der Waals surface area (Å²) in [6, 6.07) is 7.97. The average Bonchev–Trinajstić information content (AvgIpc) is 2.82. The standard InChI is InChI=1S/C12H11N3O2S2/c1-9-7-14-12(18-9)8-15-19(16,17)11-5-3-2-4-10(11)6-13/h2-5,7,15H,8H2,1H3. The van der Waals surface area contributed by atoms with Crippen molar-refractivity contribution in [2.24, 2.45) is 0 Å². The minimum atomic E-state index is -3.70. The molecule has 0 spiro atoms. The fourth-order valence-corrected chi connectivity index (χ4v) is 3.47. The number of nitrogens with zero attached hydrogens (tertiary/aromatic N) is 2. The van der Waals surface area contributed by atoms with E-state index in [1.807, 2.05) is 13.0 Å². The maximum absolute atomic E-state index is 12.1. The topological polar surface area (TPSA) is 82.8 Å². The van der Waals surface area contributed by atoms with E-state index in [-0.39, 0.29) is 17.0 Å². The Morgan fingerprint density at radius 2 is 2.16 bits per heavy atom. The van der Waals surface area contributed by atoms with E-state index in [1.54, 1.807) is 18.3 Å². The Morgan fingerprint density at radius 3 is 2.79 bits per heavy atom. The second-order valence-electron chi connectivity index (χ2n) is 3.80. The first kappa shape index (κ1) is 13.7. The summed E-state index contributed by atoms with van der Waals surface area (Å²) in [4.78, 5) is 5.09. The number of aryl methyl sites for hydroxylation is 1. The monoisotopic (exact) mass is 293 g/mol. The van der Waals surface area contributed by atoms with Gasteiger partial charge in [0.05, 0.1) is 17.0 Å². The average molecular weight is 293 g/mol. The van der Waals surface area contributed by atoms with E-state index < -0.39 is 10.0 Å². The van der Waals surface area contributed by atoms with Crippen molar-refractivity contribution in [1.82, 2.24) is 9.71 Å². The van der Waals surface area contributed by atoms with Crippen molar-refractivity contribution in [3.63, 3.8) is 0 Å². The van der Waals surface area contributed by atoms with Gasteiger partial charge in [-0.2, -0.15) is 5.26 Å². The van der Waals surface area contributed by atoms with Crippen molar-refractivity contribution in [3.05, 3.63) is 45.9 Å². The third-order valence-electron chi connectivity index (χ3n) is 2.38. The van der Waals surface area contributed by atoms with Gasteiger partial charge in [-0.3, -0.25) is 0 Å². The van der Waals surface area contributed by atoms with Crippen LogP contribution in [-0.4, -0.2) is 13.4 Å². The predicted octanol–water partition coefficient (Wildman–Crippen LogP) is 1.80. The summed E-state index contributed by atoms with van der Waals surface area (Å²) in [5.74, 6) is 0. The molecule has 0 unspecified atom stereocenters. The van der Waals surface area contributed by atoms with E-state index in [9.17, 15) is 8.42 Å². The van der Waals surface area contributed by atoms with Gasteiger partial charge in [0.25, 0.3) is 0 Å². The van der Waals surface area contributed by atoms with E-state index in [2.05, 4.69) is 9.71 Å². The zero-order valence-electron chi connectivity index (χ0n) is 10.1. The molecule has 1 N–H and O–H groups in total. The first-order valence-electron chi connectivity index (χ1n) is 5.43. The van der Waals surface area contributed by atoms with Crippen LogP contribution in [0.3, 0.4) is 0 Å². The number of sulfonamides is 1. The summed E-state index contributed by atoms with van der Waals surface area (Å²) in [5.41, 5.74) is 0.130. The Labute approximate surface area is 115 Å². The van der Waals surface area contributed by atoms with Gasteiger partial charge in [0.2, 0.25) is 10.0 Å². The highest BCUT2D eigenvalue weighted by Crippen LogP contribution is 2.16. The molecule has 5 nitrogen and oxygen atoms in total. The Balaban J connectivity index is 2.21. The largest absolute Gasteiger partial charge is 0.248 e. The zero-order valence-corrected chi connectivity index (χ0v) is 11.8. The third-order valence-corrected chi connectivity index (χ3v) is 4.75. The van der Waals surface area contributed by atoms with Crippen molar-refractivity contribution >= 4 is 21.4 Å². The molecule has 0 fully saturated rings. The number of thiazole rings is 1. The van der Waals surface area contributed by atoms with Gasteiger partial charge in [-0.1, -0.05) is 12.1 Å². The lowest BCUT2D eigenvalue weighted by Crippen LogP contribution is -2.23. The van der Waals surface area contributed by atoms with Crippen LogP contribution in [0.5, 0.6) is 0 Å². The third kappa shape index (κ3) is 3.17. The Morgan fingerprint density at radius 1 is 1.42 bits per heavy atom. The van der Waals surface area contributed by atoms with Crippen molar-refractivity contribution in [1.29, 1.82) is 5.26 Å². The summed E-state index contributed by atoms with van der Waals surface area (Å²) in [6.45, 7) is 2.03. The highest BCUT2D eigenvalue weighted by molar-refractivity contribution is 7.89. The first-order chi connectivity index (χ1) is 9.03. The second kappa shape index (κ2) is 5.48. The molecule has 0 amide bonds. The van der Waals surface area contributed by atoms with Crippen LogP contribution in [0.1, 0.15) is 15.4 Å². The fraction of sp³-hybridized carbons (Fsp3) is 0.167. The lowest BCUT2D eigenvalue weighted by Gasteiger charge is -2.06. The molecule has 0 atom stereocenters. The number of aromatic nitrogens is 1. The van der Waals surface area contributed by atoms with Gasteiger partial charge in [-0.05, 0) is 19.1 Å². The Kier molecular flexibility index (Phi) is 3.95. The molecule has 0 aliphatic carbocycles. The van der Waals surface area contributed by atoms with Crippen molar-refractivity contribution in [3.8, 4) is 6.07 Å². The second-order valence-corrected chi connectivity index (χ2v) is 6.85. The van der Waals surface area contributed by atoms with Crippen LogP contribution in [0.15, 0.2) is 35.4 Å². The van der Waals surface area contributed by atoms with Gasteiger partial charge < -0.3 is 0 Å². The van der Waals surface area contributed by atoms with E-state index in [4.69, 9.17) is 5.26 Å². The fourth-order valence-electron chi connectivity index (χ4n) is 1.51. The van der Waals surface area contributed by atoms with Gasteiger partial charge in [-0.15, -0.1) is 11.3 Å². The quantitative estimate of drug-likeness (QED) is 0.931. The SMILES string of the molecule is Cc1cnc(CNS(=O)(=O)c2ccccc2C#N)s1. The van der Waals surface area contributed by atoms with E-state index in [1.165, 1.54) is 23.5 Å². The smallest absolute Gasteiger partial charge is 0.242 e. The number of rotatable bonds is 4. The molecule has 2 rings (SSSR count). The summed E-state index contributed by atoms with van der Waals surface area (Å²) in [5, 5.41) is 9.61. The van der Waals surface area contributed by atoms with Gasteiger partial charge in [0.15, 0.2) is 0 Å². The molecule has 0 radical (unpaired) electrons. The van der Waals surface area contributed by atoms with Crippen LogP contribution in [0.4, 0.5) is 0 Å². The molecule has 1 aromatic heterocycles. The maximum atomic E-state index is 12.1. The Hall–Kier alpha value is -1.75. The number of nitrogens with one attached hydrogen (secondary N) is 1. The summed E-state index contributed by atoms with van der Waals surface area (Å²) < 4.78 is 26.7. The molecule has 98 valence electrons. The highest BCUT2D eigenvalue weighted by atomic mass is 32.2. The number of hydrogen-bond donors (Lipinski definition) is 1. The minimum Gasteiger partial charge on any atom is -0.248 e. The van der Waals surface area contributed by atoms with Crippen LogP contribution in [0, 0.1) is 18.3 Å². The molecule has 0 aliphatic heterocycles. The Bertz CT molecular complexity index is 729. The molecule has 2 aromatic rings. The van der Waals surface area contributed by atoms with E-state index in [0.29, 0.717) is 5.01 Å². The first-order valence-corrected chi connectivity index (χ1v) is 7.73. The van der Waals surface area contributed by atoms with Crippen LogP contribution < -0.4 is 4.72 Å². The number of benzene rings is 1. The van der Waals surface area contributed by atoms with Crippen LogP contribution in [-0.2, 0) is 16.6 Å². The molecule has 19 heavy (non-hydrogen) atoms. The highest BCUT2D eigenvalue weighted by Gasteiger charge is 2.18. The molecule has 1 heterocycles. The molecule has 0 saturated heterocycles. The molecular weight excluding hydrogens is 282 g/mol. The summed E-state index contributed by atoms with van der Waals surface area (Å²) >= 11 is 1.43. The van der Waals surface area contributed by atoms with Gasteiger partial charge >= 0.3 is 0 Å². The number of hydrogen-bond acceptors (Lipinski definition) is 5. The normalized spacial score (nSPS) is 11.2. The van der Waals surface area contributed by atoms with Crippen LogP contribution in [0.2, 0.25) is 0 Å². The lowest BCUT2D eigenvalue weighted by atomic mass is 10.2. The number of nitriles is 1. The molecular formula is C12H11N3O2S2. The van der Waals surface area contributed by atoms with Crippen molar-refractivity contribution in [2.75, 3.05) is 0 Å². The molecule has 0 saturated carbocycles. The predicted molar refractivity (Wildman–Crippen MR) is 72.0 cm³/mol. The van der Waals surface area contributed by atoms with E-state index in [0.717, 1.165) is 4.88 Å². The van der Waals surface area contributed by atoms with E-state index >= 15 is 0 Å². The maximum Gasteiger partial charge on any atom is 0.242 e. The lowest BCUT2D eigenvalue weighted by molar-refractivity contribution is 0.581. The van der Waals surface area contributed by atoms with Crippen LogP contribution >= 0.6 is 11.3 Å². The zero-order chi connectivity index (χ0) is 13.9. The molecule has 0 bridgehead atoms. The molecule has 1 aromatic carbocycles. The van der Waals surface area contributed by atoms with Gasteiger partial charge in [-0.25, -0.2) is 18.1 Å². The van der Waals surface area contributed by atoms with Crippen molar-refractivity contribution in [2.45, 2.75) is 18.4 Å². The molecule has 0 aliphatic rings. The molecule has 7 heteroatoms. The summed E-state index contributed by atoms with van der Waals surface area (Å²) in [6.07, 6.45) is 1.69. The van der Waals surface area contributed by atoms with Crippen molar-refractivity contribution < 1.29 is 8.42 Å². The summed E-state index contributed by atoms with van der Waals surface area (Å²) in [7, 11) is -3.70. The van der Waals surface area contributed by atoms with Gasteiger partial charge in [0, 0.05) is 11.1 Å². The minimum absolute atomic E-state index is 0.00854. The van der Waals surface area contributed by atoms with Gasteiger partial charge in [0.1, 0.15) is 11.1 Å².